The lowest BCUT2D eigenvalue weighted by Gasteiger charge is -2.22. The van der Waals surface area contributed by atoms with Crippen molar-refractivity contribution in [2.24, 2.45) is 0 Å². The standard InChI is InChI=1S/C21H26N2O5S/c1-4-28-21(25)17-7-5-8-18(15-17)22-20(24)9-6-14-23(29(3,26)27)19-12-10-16(2)11-13-19/h5,7-8,10-13,15H,4,6,9,14H2,1-3H3,(H,22,24). The second-order valence-corrected chi connectivity index (χ2v) is 8.53. The van der Waals surface area contributed by atoms with Gasteiger partial charge in [-0.2, -0.15) is 0 Å². The highest BCUT2D eigenvalue weighted by atomic mass is 32.2. The summed E-state index contributed by atoms with van der Waals surface area (Å²) in [5, 5.41) is 2.72. The number of anilines is 2. The van der Waals surface area contributed by atoms with Crippen LogP contribution in [0.5, 0.6) is 0 Å². The van der Waals surface area contributed by atoms with Crippen molar-refractivity contribution in [2.75, 3.05) is 29.0 Å². The molecule has 29 heavy (non-hydrogen) atoms. The molecule has 2 rings (SSSR count). The molecule has 0 aromatic heterocycles. The lowest BCUT2D eigenvalue weighted by atomic mass is 10.2. The van der Waals surface area contributed by atoms with Crippen LogP contribution in [0, 0.1) is 6.92 Å². The second kappa shape index (κ2) is 10.1. The van der Waals surface area contributed by atoms with Crippen LogP contribution in [0.4, 0.5) is 11.4 Å². The zero-order valence-corrected chi connectivity index (χ0v) is 17.7. The lowest BCUT2D eigenvalue weighted by Crippen LogP contribution is -2.31. The molecule has 0 heterocycles. The number of carbonyl (C=O) groups is 2. The van der Waals surface area contributed by atoms with Crippen molar-refractivity contribution < 1.29 is 22.7 Å². The highest BCUT2D eigenvalue weighted by molar-refractivity contribution is 7.92. The fraction of sp³-hybridized carbons (Fsp3) is 0.333. The van der Waals surface area contributed by atoms with Gasteiger partial charge in [0.05, 0.1) is 24.1 Å². The van der Waals surface area contributed by atoms with E-state index in [0.29, 0.717) is 23.4 Å². The van der Waals surface area contributed by atoms with E-state index < -0.39 is 16.0 Å². The molecule has 0 aliphatic rings. The van der Waals surface area contributed by atoms with Crippen molar-refractivity contribution in [1.82, 2.24) is 0 Å². The average molecular weight is 419 g/mol. The molecule has 0 fully saturated rings. The van der Waals surface area contributed by atoms with E-state index in [1.807, 2.05) is 19.1 Å². The van der Waals surface area contributed by atoms with Crippen LogP contribution in [0.1, 0.15) is 35.7 Å². The molecule has 0 aliphatic carbocycles. The third-order valence-corrected chi connectivity index (χ3v) is 5.34. The summed E-state index contributed by atoms with van der Waals surface area (Å²) in [6.07, 6.45) is 1.64. The van der Waals surface area contributed by atoms with E-state index in [9.17, 15) is 18.0 Å². The zero-order chi connectivity index (χ0) is 21.4. The Labute approximate surface area is 171 Å². The molecule has 0 radical (unpaired) electrons. The Hall–Kier alpha value is -2.87. The highest BCUT2D eigenvalue weighted by Crippen LogP contribution is 2.19. The molecule has 7 nitrogen and oxygen atoms in total. The number of rotatable bonds is 9. The molecule has 0 aliphatic heterocycles. The monoisotopic (exact) mass is 418 g/mol. The van der Waals surface area contributed by atoms with Gasteiger partial charge in [0.1, 0.15) is 0 Å². The predicted octanol–water partition coefficient (Wildman–Crippen LogP) is 3.36. The maximum Gasteiger partial charge on any atom is 0.338 e. The SMILES string of the molecule is CCOC(=O)c1cccc(NC(=O)CCCN(c2ccc(C)cc2)S(C)(=O)=O)c1. The van der Waals surface area contributed by atoms with E-state index in [4.69, 9.17) is 4.74 Å². The van der Waals surface area contributed by atoms with Crippen molar-refractivity contribution in [3.63, 3.8) is 0 Å². The van der Waals surface area contributed by atoms with Crippen LogP contribution in [-0.4, -0.2) is 39.7 Å². The third-order valence-electron chi connectivity index (χ3n) is 4.14. The van der Waals surface area contributed by atoms with Crippen LogP contribution in [0.15, 0.2) is 48.5 Å². The number of hydrogen-bond donors (Lipinski definition) is 1. The molecular formula is C21H26N2O5S. The number of esters is 1. The fourth-order valence-corrected chi connectivity index (χ4v) is 3.71. The topological polar surface area (TPSA) is 92.8 Å². The summed E-state index contributed by atoms with van der Waals surface area (Å²) in [6.45, 7) is 4.11. The number of hydrogen-bond acceptors (Lipinski definition) is 5. The maximum atomic E-state index is 12.2. The molecule has 8 heteroatoms. The predicted molar refractivity (Wildman–Crippen MR) is 114 cm³/mol. The molecule has 1 amide bonds. The number of ether oxygens (including phenoxy) is 1. The zero-order valence-electron chi connectivity index (χ0n) is 16.8. The van der Waals surface area contributed by atoms with Gasteiger partial charge in [-0.05, 0) is 50.6 Å². The Morgan fingerprint density at radius 3 is 2.41 bits per heavy atom. The summed E-state index contributed by atoms with van der Waals surface area (Å²) in [5.41, 5.74) is 2.44. The van der Waals surface area contributed by atoms with Gasteiger partial charge in [0.15, 0.2) is 0 Å². The van der Waals surface area contributed by atoms with Gasteiger partial charge in [-0.25, -0.2) is 13.2 Å². The average Bonchev–Trinajstić information content (AvgIpc) is 2.66. The van der Waals surface area contributed by atoms with Crippen molar-refractivity contribution in [3.05, 3.63) is 59.7 Å². The van der Waals surface area contributed by atoms with E-state index in [1.54, 1.807) is 43.3 Å². The fourth-order valence-electron chi connectivity index (χ4n) is 2.74. The number of amides is 1. The molecule has 0 unspecified atom stereocenters. The van der Waals surface area contributed by atoms with Crippen molar-refractivity contribution in [1.29, 1.82) is 0 Å². The van der Waals surface area contributed by atoms with Crippen LogP contribution >= 0.6 is 0 Å². The van der Waals surface area contributed by atoms with Gasteiger partial charge < -0.3 is 10.1 Å². The Kier molecular flexibility index (Phi) is 7.78. The normalized spacial score (nSPS) is 11.0. The number of carbonyl (C=O) groups excluding carboxylic acids is 2. The smallest absolute Gasteiger partial charge is 0.338 e. The number of sulfonamides is 1. The van der Waals surface area contributed by atoms with Crippen LogP contribution in [0.3, 0.4) is 0 Å². The second-order valence-electron chi connectivity index (χ2n) is 6.62. The van der Waals surface area contributed by atoms with Gasteiger partial charge in [-0.3, -0.25) is 9.10 Å². The first-order chi connectivity index (χ1) is 13.7. The molecule has 0 atom stereocenters. The van der Waals surface area contributed by atoms with E-state index >= 15 is 0 Å². The number of nitrogens with zero attached hydrogens (tertiary/aromatic N) is 1. The molecule has 0 bridgehead atoms. The third kappa shape index (κ3) is 6.90. The molecule has 0 spiro atoms. The summed E-state index contributed by atoms with van der Waals surface area (Å²) < 4.78 is 30.5. The van der Waals surface area contributed by atoms with Gasteiger partial charge in [-0.1, -0.05) is 23.8 Å². The summed E-state index contributed by atoms with van der Waals surface area (Å²) in [4.78, 5) is 24.0. The molecular weight excluding hydrogens is 392 g/mol. The molecule has 2 aromatic carbocycles. The molecule has 2 aromatic rings. The molecule has 156 valence electrons. The summed E-state index contributed by atoms with van der Waals surface area (Å²) >= 11 is 0. The lowest BCUT2D eigenvalue weighted by molar-refractivity contribution is -0.116. The van der Waals surface area contributed by atoms with Gasteiger partial charge in [0.2, 0.25) is 15.9 Å². The van der Waals surface area contributed by atoms with Crippen LogP contribution in [-0.2, 0) is 19.6 Å². The van der Waals surface area contributed by atoms with Crippen molar-refractivity contribution in [3.8, 4) is 0 Å². The number of benzene rings is 2. The van der Waals surface area contributed by atoms with E-state index in [-0.39, 0.29) is 25.5 Å². The van der Waals surface area contributed by atoms with Gasteiger partial charge in [-0.15, -0.1) is 0 Å². The Morgan fingerprint density at radius 2 is 1.79 bits per heavy atom. The van der Waals surface area contributed by atoms with Crippen LogP contribution < -0.4 is 9.62 Å². The molecule has 1 N–H and O–H groups in total. The van der Waals surface area contributed by atoms with Crippen molar-refractivity contribution >= 4 is 33.3 Å². The largest absolute Gasteiger partial charge is 0.462 e. The van der Waals surface area contributed by atoms with E-state index in [0.717, 1.165) is 11.8 Å². The first kappa shape index (κ1) is 22.4. The minimum absolute atomic E-state index is 0.140. The minimum Gasteiger partial charge on any atom is -0.462 e. The summed E-state index contributed by atoms with van der Waals surface area (Å²) in [7, 11) is -3.46. The number of nitrogens with one attached hydrogen (secondary N) is 1. The number of aryl methyl sites for hydroxylation is 1. The molecule has 0 saturated carbocycles. The van der Waals surface area contributed by atoms with E-state index in [2.05, 4.69) is 5.32 Å². The Morgan fingerprint density at radius 1 is 1.10 bits per heavy atom. The van der Waals surface area contributed by atoms with E-state index in [1.165, 1.54) is 4.31 Å². The van der Waals surface area contributed by atoms with Crippen LogP contribution in [0.2, 0.25) is 0 Å². The Bertz CT molecular complexity index is 955. The molecule has 0 saturated heterocycles. The highest BCUT2D eigenvalue weighted by Gasteiger charge is 2.17. The van der Waals surface area contributed by atoms with Crippen LogP contribution in [0.25, 0.3) is 0 Å². The quantitative estimate of drug-likeness (QED) is 0.631. The minimum atomic E-state index is -3.46. The van der Waals surface area contributed by atoms with Crippen molar-refractivity contribution in [2.45, 2.75) is 26.7 Å². The first-order valence-corrected chi connectivity index (χ1v) is 11.2. The summed E-state index contributed by atoms with van der Waals surface area (Å²) in [6, 6.07) is 13.7. The van der Waals surface area contributed by atoms with Gasteiger partial charge in [0.25, 0.3) is 0 Å². The first-order valence-electron chi connectivity index (χ1n) is 9.32. The van der Waals surface area contributed by atoms with Gasteiger partial charge in [0, 0.05) is 18.7 Å². The summed E-state index contributed by atoms with van der Waals surface area (Å²) in [5.74, 6) is -0.714. The Balaban J connectivity index is 1.95. The maximum absolute atomic E-state index is 12.2. The van der Waals surface area contributed by atoms with Gasteiger partial charge >= 0.3 is 5.97 Å².